The van der Waals surface area contributed by atoms with E-state index in [4.69, 9.17) is 6.57 Å². The predicted molar refractivity (Wildman–Crippen MR) is 56.0 cm³/mol. The highest BCUT2D eigenvalue weighted by molar-refractivity contribution is 5.53. The van der Waals surface area contributed by atoms with Crippen LogP contribution in [0.15, 0.2) is 30.9 Å². The molecule has 13 heavy (non-hydrogen) atoms. The molecule has 0 bridgehead atoms. The van der Waals surface area contributed by atoms with Gasteiger partial charge in [-0.2, -0.15) is 0 Å². The molecule has 0 aliphatic rings. The fourth-order valence-corrected chi connectivity index (χ4v) is 1.28. The number of allylic oxidation sites excluding steroid dienone is 1. The van der Waals surface area contributed by atoms with Gasteiger partial charge < -0.3 is 0 Å². The highest BCUT2D eigenvalue weighted by Gasteiger charge is 2.00. The third-order valence-corrected chi connectivity index (χ3v) is 1.97. The lowest BCUT2D eigenvalue weighted by Gasteiger charge is -2.02. The number of aryl methyl sites for hydroxylation is 2. The highest BCUT2D eigenvalue weighted by atomic mass is 14.6. The summed E-state index contributed by atoms with van der Waals surface area (Å²) in [5, 5.41) is 0. The minimum atomic E-state index is 0.771. The van der Waals surface area contributed by atoms with E-state index in [1.165, 1.54) is 5.56 Å². The number of hydrogen-bond donors (Lipinski definition) is 0. The molecule has 0 aromatic heterocycles. The van der Waals surface area contributed by atoms with Gasteiger partial charge in [0.25, 0.3) is 0 Å². The maximum Gasteiger partial charge on any atom is 0.190 e. The average molecular weight is 171 g/mol. The Kier molecular flexibility index (Phi) is 3.28. The topological polar surface area (TPSA) is 4.36 Å². The van der Waals surface area contributed by atoms with Crippen LogP contribution in [0.3, 0.4) is 0 Å². The summed E-state index contributed by atoms with van der Waals surface area (Å²) in [5.41, 5.74) is 3.12. The molecule has 0 radical (unpaired) electrons. The van der Waals surface area contributed by atoms with E-state index in [1.807, 2.05) is 25.1 Å². The largest absolute Gasteiger partial charge is 0.238 e. The Hall–Kier alpha value is -1.55. The number of hydrogen-bond acceptors (Lipinski definition) is 0. The Bertz CT molecular complexity index is 345. The van der Waals surface area contributed by atoms with Gasteiger partial charge in [0.05, 0.1) is 6.57 Å². The fourth-order valence-electron chi connectivity index (χ4n) is 1.28. The maximum atomic E-state index is 6.99. The lowest BCUT2D eigenvalue weighted by molar-refractivity contribution is 1.01. The molecule has 0 amide bonds. The zero-order valence-electron chi connectivity index (χ0n) is 7.88. The van der Waals surface area contributed by atoms with Crippen LogP contribution in [0.4, 0.5) is 5.69 Å². The molecule has 1 heteroatoms. The Morgan fingerprint density at radius 3 is 2.92 bits per heavy atom. The molecule has 0 fully saturated rings. The van der Waals surface area contributed by atoms with Gasteiger partial charge in [-0.1, -0.05) is 29.8 Å². The molecule has 0 aliphatic heterocycles. The van der Waals surface area contributed by atoms with Crippen molar-refractivity contribution in [1.29, 1.82) is 0 Å². The summed E-state index contributed by atoms with van der Waals surface area (Å²) in [4.78, 5) is 3.48. The van der Waals surface area contributed by atoms with Gasteiger partial charge in [0, 0.05) is 0 Å². The minimum absolute atomic E-state index is 0.771. The van der Waals surface area contributed by atoms with Gasteiger partial charge in [-0.3, -0.25) is 0 Å². The van der Waals surface area contributed by atoms with Crippen LogP contribution < -0.4 is 0 Å². The lowest BCUT2D eigenvalue weighted by atomic mass is 10.0. The van der Waals surface area contributed by atoms with Gasteiger partial charge in [0.2, 0.25) is 0 Å². The van der Waals surface area contributed by atoms with E-state index in [1.54, 1.807) is 0 Å². The van der Waals surface area contributed by atoms with Crippen molar-refractivity contribution < 1.29 is 0 Å². The first-order valence-corrected chi connectivity index (χ1v) is 4.36. The normalized spacial score (nSPS) is 9.23. The maximum absolute atomic E-state index is 6.99. The molecule has 0 spiro atoms. The van der Waals surface area contributed by atoms with E-state index in [-0.39, 0.29) is 0 Å². The summed E-state index contributed by atoms with van der Waals surface area (Å²) in [6, 6.07) is 5.95. The average Bonchev–Trinajstić information content (AvgIpc) is 2.15. The second-order valence-corrected chi connectivity index (χ2v) is 3.07. The van der Waals surface area contributed by atoms with Gasteiger partial charge >= 0.3 is 0 Å². The molecule has 0 saturated carbocycles. The number of rotatable bonds is 3. The van der Waals surface area contributed by atoms with Crippen molar-refractivity contribution in [2.24, 2.45) is 0 Å². The molecule has 0 unspecified atom stereocenters. The van der Waals surface area contributed by atoms with Crippen LogP contribution in [0, 0.1) is 13.5 Å². The van der Waals surface area contributed by atoms with E-state index < -0.39 is 0 Å². The first-order chi connectivity index (χ1) is 6.27. The first-order valence-electron chi connectivity index (χ1n) is 4.36. The Morgan fingerprint density at radius 2 is 2.31 bits per heavy atom. The van der Waals surface area contributed by atoms with Crippen LogP contribution in [0.2, 0.25) is 0 Å². The molecular weight excluding hydrogens is 158 g/mol. The quantitative estimate of drug-likeness (QED) is 0.483. The summed E-state index contributed by atoms with van der Waals surface area (Å²) in [6.07, 6.45) is 3.74. The number of nitrogens with zero attached hydrogens (tertiary/aromatic N) is 1. The molecule has 0 heterocycles. The van der Waals surface area contributed by atoms with E-state index >= 15 is 0 Å². The van der Waals surface area contributed by atoms with Crippen LogP contribution in [0.1, 0.15) is 17.5 Å². The smallest absolute Gasteiger partial charge is 0.190 e. The SMILES string of the molecule is [C-]#[N+]c1ccc(C)cc1CCC=C. The van der Waals surface area contributed by atoms with Gasteiger partial charge in [0.1, 0.15) is 0 Å². The van der Waals surface area contributed by atoms with Gasteiger partial charge in [-0.25, -0.2) is 4.85 Å². The molecule has 0 saturated heterocycles. The summed E-state index contributed by atoms with van der Waals surface area (Å²) in [6.45, 7) is 12.7. The molecule has 1 rings (SSSR count). The summed E-state index contributed by atoms with van der Waals surface area (Å²) < 4.78 is 0. The Morgan fingerprint density at radius 1 is 1.54 bits per heavy atom. The standard InChI is InChI=1S/C12H13N/c1-4-5-6-11-9-10(2)7-8-12(11)13-3/h4,7-9H,1,5-6H2,2H3. The van der Waals surface area contributed by atoms with Crippen molar-refractivity contribution in [3.63, 3.8) is 0 Å². The number of benzene rings is 1. The summed E-state index contributed by atoms with van der Waals surface area (Å²) in [7, 11) is 0. The predicted octanol–water partition coefficient (Wildman–Crippen LogP) is 3.66. The fraction of sp³-hybridized carbons (Fsp3) is 0.250. The molecule has 66 valence electrons. The molecule has 0 N–H and O–H groups in total. The molecule has 0 atom stereocenters. The minimum Gasteiger partial charge on any atom is -0.238 e. The second-order valence-electron chi connectivity index (χ2n) is 3.07. The van der Waals surface area contributed by atoms with Gasteiger partial charge in [0.15, 0.2) is 5.69 Å². The lowest BCUT2D eigenvalue weighted by Crippen LogP contribution is -1.84. The van der Waals surface area contributed by atoms with Crippen molar-refractivity contribution in [2.75, 3.05) is 0 Å². The van der Waals surface area contributed by atoms with Crippen LogP contribution in [-0.4, -0.2) is 0 Å². The van der Waals surface area contributed by atoms with Crippen molar-refractivity contribution in [2.45, 2.75) is 19.8 Å². The monoisotopic (exact) mass is 171 g/mol. The zero-order chi connectivity index (χ0) is 9.68. The van der Waals surface area contributed by atoms with Crippen molar-refractivity contribution in [3.8, 4) is 0 Å². The van der Waals surface area contributed by atoms with Gasteiger partial charge in [-0.15, -0.1) is 6.58 Å². The van der Waals surface area contributed by atoms with Crippen LogP contribution in [0.5, 0.6) is 0 Å². The summed E-state index contributed by atoms with van der Waals surface area (Å²) in [5.74, 6) is 0. The van der Waals surface area contributed by atoms with E-state index in [0.29, 0.717) is 0 Å². The van der Waals surface area contributed by atoms with E-state index in [0.717, 1.165) is 24.1 Å². The second kappa shape index (κ2) is 4.47. The molecule has 1 nitrogen and oxygen atoms in total. The third-order valence-electron chi connectivity index (χ3n) is 1.97. The molecule has 1 aromatic rings. The molecular formula is C12H13N. The van der Waals surface area contributed by atoms with Crippen LogP contribution in [0.25, 0.3) is 4.85 Å². The zero-order valence-corrected chi connectivity index (χ0v) is 7.88. The Labute approximate surface area is 79.5 Å². The van der Waals surface area contributed by atoms with Gasteiger partial charge in [-0.05, 0) is 25.3 Å². The first kappa shape index (κ1) is 9.54. The van der Waals surface area contributed by atoms with Crippen LogP contribution >= 0.6 is 0 Å². The molecule has 0 aliphatic carbocycles. The van der Waals surface area contributed by atoms with E-state index in [2.05, 4.69) is 17.5 Å². The van der Waals surface area contributed by atoms with Crippen molar-refractivity contribution in [3.05, 3.63) is 53.4 Å². The van der Waals surface area contributed by atoms with Crippen molar-refractivity contribution in [1.82, 2.24) is 0 Å². The van der Waals surface area contributed by atoms with Crippen LogP contribution in [-0.2, 0) is 6.42 Å². The van der Waals surface area contributed by atoms with Crippen molar-refractivity contribution >= 4 is 5.69 Å². The highest BCUT2D eigenvalue weighted by Crippen LogP contribution is 2.21. The third kappa shape index (κ3) is 2.45. The molecule has 1 aromatic carbocycles. The Balaban J connectivity index is 2.95. The summed E-state index contributed by atoms with van der Waals surface area (Å²) >= 11 is 0. The van der Waals surface area contributed by atoms with E-state index in [9.17, 15) is 0 Å².